The number of hydrogen-bond acceptors (Lipinski definition) is 2. The second-order valence-electron chi connectivity index (χ2n) is 4.20. The summed E-state index contributed by atoms with van der Waals surface area (Å²) in [5, 5.41) is 10.8. The van der Waals surface area contributed by atoms with Gasteiger partial charge in [-0.2, -0.15) is 13.2 Å². The zero-order valence-electron chi connectivity index (χ0n) is 10.4. The van der Waals surface area contributed by atoms with Gasteiger partial charge in [0.2, 0.25) is 0 Å². The largest absolute Gasteiger partial charge is 0.423 e. The Morgan fingerprint density at radius 2 is 1.59 bits per heavy atom. The number of benzene rings is 2. The molecule has 0 radical (unpaired) electrons. The van der Waals surface area contributed by atoms with Gasteiger partial charge in [-0.1, -0.05) is 46.9 Å². The van der Waals surface area contributed by atoms with E-state index in [9.17, 15) is 23.3 Å². The van der Waals surface area contributed by atoms with E-state index >= 15 is 0 Å². The minimum Gasteiger partial charge on any atom is -0.258 e. The second-order valence-corrected chi connectivity index (χ2v) is 5.45. The second kappa shape index (κ2) is 5.95. The highest BCUT2D eigenvalue weighted by molar-refractivity contribution is 6.41. The SMILES string of the molecule is O=[N+]([O-])c1cccc(-c2c(Cl)cc(Cl)cc2Cl)c1C(F)(F)F. The van der Waals surface area contributed by atoms with Crippen LogP contribution in [0.3, 0.4) is 0 Å². The molecule has 22 heavy (non-hydrogen) atoms. The van der Waals surface area contributed by atoms with Crippen molar-refractivity contribution in [2.24, 2.45) is 0 Å². The molecule has 0 bridgehead atoms. The van der Waals surface area contributed by atoms with Gasteiger partial charge in [0.15, 0.2) is 0 Å². The zero-order valence-corrected chi connectivity index (χ0v) is 12.7. The van der Waals surface area contributed by atoms with Crippen molar-refractivity contribution in [2.45, 2.75) is 6.18 Å². The Balaban J connectivity index is 2.88. The van der Waals surface area contributed by atoms with E-state index in [1.54, 1.807) is 0 Å². The highest BCUT2D eigenvalue weighted by Crippen LogP contribution is 2.46. The van der Waals surface area contributed by atoms with Crippen LogP contribution in [0.1, 0.15) is 5.56 Å². The first-order chi connectivity index (χ1) is 10.1. The first kappa shape index (κ1) is 16.9. The summed E-state index contributed by atoms with van der Waals surface area (Å²) in [7, 11) is 0. The van der Waals surface area contributed by atoms with Crippen LogP contribution < -0.4 is 0 Å². The summed E-state index contributed by atoms with van der Waals surface area (Å²) >= 11 is 17.6. The summed E-state index contributed by atoms with van der Waals surface area (Å²) in [6.07, 6.45) is -4.95. The van der Waals surface area contributed by atoms with Crippen molar-refractivity contribution in [2.75, 3.05) is 0 Å². The molecule has 0 aliphatic heterocycles. The summed E-state index contributed by atoms with van der Waals surface area (Å²) in [4.78, 5) is 9.79. The molecule has 0 aromatic heterocycles. The molecule has 0 atom stereocenters. The number of rotatable bonds is 2. The van der Waals surface area contributed by atoms with Gasteiger partial charge in [-0.05, 0) is 12.1 Å². The third-order valence-electron chi connectivity index (χ3n) is 2.80. The maximum atomic E-state index is 13.3. The maximum Gasteiger partial charge on any atom is 0.423 e. The summed E-state index contributed by atoms with van der Waals surface area (Å²) in [6.45, 7) is 0. The third kappa shape index (κ3) is 3.14. The Kier molecular flexibility index (Phi) is 4.56. The lowest BCUT2D eigenvalue weighted by atomic mass is 9.97. The molecular weight excluding hydrogens is 366 g/mol. The number of alkyl halides is 3. The molecule has 0 N–H and O–H groups in total. The van der Waals surface area contributed by atoms with Crippen LogP contribution in [0.5, 0.6) is 0 Å². The van der Waals surface area contributed by atoms with Crippen molar-refractivity contribution in [1.82, 2.24) is 0 Å². The molecule has 0 aliphatic rings. The van der Waals surface area contributed by atoms with Gasteiger partial charge in [0.05, 0.1) is 15.0 Å². The molecule has 0 heterocycles. The smallest absolute Gasteiger partial charge is 0.258 e. The summed E-state index contributed by atoms with van der Waals surface area (Å²) in [5.41, 5.74) is -3.13. The zero-order chi connectivity index (χ0) is 16.7. The summed E-state index contributed by atoms with van der Waals surface area (Å²) < 4.78 is 39.8. The summed E-state index contributed by atoms with van der Waals surface area (Å²) in [6, 6.07) is 5.39. The van der Waals surface area contributed by atoms with Crippen molar-refractivity contribution in [3.05, 3.63) is 61.1 Å². The number of nitrogens with zero attached hydrogens (tertiary/aromatic N) is 1. The highest BCUT2D eigenvalue weighted by atomic mass is 35.5. The first-order valence-electron chi connectivity index (χ1n) is 5.62. The predicted octanol–water partition coefficient (Wildman–Crippen LogP) is 6.24. The van der Waals surface area contributed by atoms with Gasteiger partial charge in [-0.25, -0.2) is 0 Å². The summed E-state index contributed by atoms with van der Waals surface area (Å²) in [5.74, 6) is 0. The van der Waals surface area contributed by atoms with Crippen molar-refractivity contribution in [1.29, 1.82) is 0 Å². The molecule has 116 valence electrons. The van der Waals surface area contributed by atoms with Crippen molar-refractivity contribution in [3.63, 3.8) is 0 Å². The van der Waals surface area contributed by atoms with Gasteiger partial charge >= 0.3 is 6.18 Å². The van der Waals surface area contributed by atoms with Gasteiger partial charge < -0.3 is 0 Å². The maximum absolute atomic E-state index is 13.3. The molecule has 2 aromatic rings. The van der Waals surface area contributed by atoms with Crippen LogP contribution in [0.4, 0.5) is 18.9 Å². The average molecular weight is 371 g/mol. The van der Waals surface area contributed by atoms with Crippen molar-refractivity contribution in [3.8, 4) is 11.1 Å². The lowest BCUT2D eigenvalue weighted by Crippen LogP contribution is -2.11. The lowest BCUT2D eigenvalue weighted by molar-refractivity contribution is -0.388. The van der Waals surface area contributed by atoms with Gasteiger partial charge in [-0.3, -0.25) is 10.1 Å². The first-order valence-corrected chi connectivity index (χ1v) is 6.76. The van der Waals surface area contributed by atoms with Crippen LogP contribution in [0, 0.1) is 10.1 Å². The number of nitro groups is 1. The minimum absolute atomic E-state index is 0.136. The molecule has 9 heteroatoms. The molecule has 2 rings (SSSR count). The number of hydrogen-bond donors (Lipinski definition) is 0. The van der Waals surface area contributed by atoms with E-state index in [1.807, 2.05) is 0 Å². The fourth-order valence-electron chi connectivity index (χ4n) is 2.00. The normalized spacial score (nSPS) is 11.5. The van der Waals surface area contributed by atoms with E-state index in [4.69, 9.17) is 34.8 Å². The van der Waals surface area contributed by atoms with E-state index < -0.39 is 27.9 Å². The molecule has 0 saturated carbocycles. The van der Waals surface area contributed by atoms with Crippen LogP contribution in [-0.4, -0.2) is 4.92 Å². The van der Waals surface area contributed by atoms with E-state index in [0.29, 0.717) is 0 Å². The van der Waals surface area contributed by atoms with Crippen LogP contribution in [0.25, 0.3) is 11.1 Å². The Morgan fingerprint density at radius 3 is 2.05 bits per heavy atom. The van der Waals surface area contributed by atoms with Crippen molar-refractivity contribution >= 4 is 40.5 Å². The Morgan fingerprint density at radius 1 is 1.05 bits per heavy atom. The topological polar surface area (TPSA) is 43.1 Å². The number of halogens is 6. The quantitative estimate of drug-likeness (QED) is 0.464. The minimum atomic E-state index is -4.95. The molecule has 0 amide bonds. The monoisotopic (exact) mass is 369 g/mol. The van der Waals surface area contributed by atoms with Crippen LogP contribution in [0.2, 0.25) is 15.1 Å². The molecule has 0 aliphatic carbocycles. The van der Waals surface area contributed by atoms with Crippen LogP contribution in [0.15, 0.2) is 30.3 Å². The van der Waals surface area contributed by atoms with Gasteiger partial charge in [0.1, 0.15) is 5.56 Å². The van der Waals surface area contributed by atoms with E-state index in [-0.39, 0.29) is 20.6 Å². The molecule has 0 fully saturated rings. The molecule has 0 unspecified atom stereocenters. The van der Waals surface area contributed by atoms with Crippen molar-refractivity contribution < 1.29 is 18.1 Å². The van der Waals surface area contributed by atoms with Gasteiger partial charge in [0.25, 0.3) is 5.69 Å². The van der Waals surface area contributed by atoms with E-state index in [1.165, 1.54) is 12.1 Å². The van der Waals surface area contributed by atoms with E-state index in [0.717, 1.165) is 18.2 Å². The Bertz CT molecular complexity index is 740. The van der Waals surface area contributed by atoms with Gasteiger partial charge in [0, 0.05) is 22.2 Å². The van der Waals surface area contributed by atoms with Gasteiger partial charge in [-0.15, -0.1) is 0 Å². The molecule has 2 aromatic carbocycles. The standard InChI is InChI=1S/C13H5Cl3F3NO2/c14-6-4-8(15)11(9(16)5-6)7-2-1-3-10(20(21)22)12(7)13(17,18)19/h1-5H. The molecule has 3 nitrogen and oxygen atoms in total. The number of nitro benzene ring substituents is 1. The van der Waals surface area contributed by atoms with Crippen LogP contribution in [-0.2, 0) is 6.18 Å². The average Bonchev–Trinajstić information content (AvgIpc) is 2.35. The Hall–Kier alpha value is -1.50. The Labute approximate surface area is 137 Å². The van der Waals surface area contributed by atoms with Crippen LogP contribution >= 0.6 is 34.8 Å². The predicted molar refractivity (Wildman–Crippen MR) is 78.6 cm³/mol. The fraction of sp³-hybridized carbons (Fsp3) is 0.0769. The molecule has 0 spiro atoms. The molecular formula is C13H5Cl3F3NO2. The molecule has 0 saturated heterocycles. The lowest BCUT2D eigenvalue weighted by Gasteiger charge is -2.15. The highest BCUT2D eigenvalue weighted by Gasteiger charge is 2.41. The fourth-order valence-corrected chi connectivity index (χ4v) is 3.02. The third-order valence-corrected chi connectivity index (χ3v) is 3.61. The van der Waals surface area contributed by atoms with E-state index in [2.05, 4.69) is 0 Å².